The molecule has 10 heteroatoms. The number of benzene rings is 1. The number of nitrogen functional groups attached to an aromatic ring is 1. The van der Waals surface area contributed by atoms with Crippen molar-refractivity contribution in [2.75, 3.05) is 10.5 Å². The first-order valence-corrected chi connectivity index (χ1v) is 10.8. The molecule has 0 bridgehead atoms. The van der Waals surface area contributed by atoms with Crippen LogP contribution >= 0.6 is 11.3 Å². The van der Waals surface area contributed by atoms with E-state index >= 15 is 0 Å². The van der Waals surface area contributed by atoms with Crippen molar-refractivity contribution in [3.63, 3.8) is 0 Å². The molecule has 0 spiro atoms. The first-order chi connectivity index (χ1) is 13.2. The van der Waals surface area contributed by atoms with Crippen molar-refractivity contribution >= 4 is 32.2 Å². The van der Waals surface area contributed by atoms with Gasteiger partial charge in [-0.25, -0.2) is 18.7 Å². The Kier molecular flexibility index (Phi) is 4.54. The predicted octanol–water partition coefficient (Wildman–Crippen LogP) is 4.05. The first kappa shape index (κ1) is 18.8. The Labute approximate surface area is 164 Å². The van der Waals surface area contributed by atoms with Crippen LogP contribution < -0.4 is 10.5 Å². The molecule has 0 atom stereocenters. The molecular formula is C18H16F2N4O2S2. The number of hydrogen-bond donors (Lipinski definition) is 2. The zero-order valence-electron chi connectivity index (χ0n) is 14.7. The number of halogens is 2. The molecule has 1 aliphatic carbocycles. The molecule has 0 aliphatic heterocycles. The van der Waals surface area contributed by atoms with E-state index in [1.54, 1.807) is 6.92 Å². The van der Waals surface area contributed by atoms with Crippen LogP contribution in [0.4, 0.5) is 19.6 Å². The van der Waals surface area contributed by atoms with Crippen LogP contribution in [-0.4, -0.2) is 18.4 Å². The zero-order valence-corrected chi connectivity index (χ0v) is 16.4. The van der Waals surface area contributed by atoms with E-state index in [-0.39, 0.29) is 16.1 Å². The minimum atomic E-state index is -3.97. The van der Waals surface area contributed by atoms with Crippen molar-refractivity contribution < 1.29 is 17.2 Å². The lowest BCUT2D eigenvalue weighted by atomic mass is 10.1. The Bertz CT molecular complexity index is 1170. The van der Waals surface area contributed by atoms with Gasteiger partial charge in [0.15, 0.2) is 21.8 Å². The van der Waals surface area contributed by atoms with E-state index in [4.69, 9.17) is 5.73 Å². The third kappa shape index (κ3) is 3.57. The molecular weight excluding hydrogens is 406 g/mol. The summed E-state index contributed by atoms with van der Waals surface area (Å²) in [4.78, 5) is 9.12. The fourth-order valence-corrected chi connectivity index (χ4v) is 5.43. The summed E-state index contributed by atoms with van der Waals surface area (Å²) in [5, 5.41) is 0.0129. The number of aryl methyl sites for hydroxylation is 1. The van der Waals surface area contributed by atoms with Crippen LogP contribution in [0.1, 0.15) is 29.2 Å². The van der Waals surface area contributed by atoms with E-state index in [0.717, 1.165) is 29.9 Å². The lowest BCUT2D eigenvalue weighted by Gasteiger charge is -2.07. The average Bonchev–Trinajstić information content (AvgIpc) is 3.38. The number of anilines is 2. The summed E-state index contributed by atoms with van der Waals surface area (Å²) in [6, 6.07) is 5.06. The molecule has 1 saturated carbocycles. The topological polar surface area (TPSA) is 98.0 Å². The summed E-state index contributed by atoms with van der Waals surface area (Å²) < 4.78 is 54.8. The summed E-state index contributed by atoms with van der Waals surface area (Å²) in [6.07, 6.45) is 3.17. The molecule has 1 fully saturated rings. The lowest BCUT2D eigenvalue weighted by molar-refractivity contribution is 0.509. The highest BCUT2D eigenvalue weighted by Crippen LogP contribution is 2.48. The third-order valence-corrected chi connectivity index (χ3v) is 6.98. The van der Waals surface area contributed by atoms with Gasteiger partial charge >= 0.3 is 0 Å². The SMILES string of the molecule is Cc1cc(N)cnc1S(=O)(=O)Nc1nc(-c2ccc(F)c(F)c2)c(C2CC2)s1. The molecule has 2 heterocycles. The van der Waals surface area contributed by atoms with Crippen molar-refractivity contribution in [1.82, 2.24) is 9.97 Å². The van der Waals surface area contributed by atoms with Crippen molar-refractivity contribution in [2.45, 2.75) is 30.7 Å². The molecule has 2 aromatic heterocycles. The number of nitrogens with two attached hydrogens (primary N) is 1. The summed E-state index contributed by atoms with van der Waals surface area (Å²) in [5.74, 6) is -1.68. The van der Waals surface area contributed by atoms with Crippen molar-refractivity contribution in [2.24, 2.45) is 0 Å². The van der Waals surface area contributed by atoms with Gasteiger partial charge in [-0.15, -0.1) is 11.3 Å². The number of thiazole rings is 1. The molecule has 28 heavy (non-hydrogen) atoms. The van der Waals surface area contributed by atoms with Gasteiger partial charge in [0.1, 0.15) is 0 Å². The van der Waals surface area contributed by atoms with Crippen LogP contribution in [0.25, 0.3) is 11.3 Å². The molecule has 0 saturated heterocycles. The quantitative estimate of drug-likeness (QED) is 0.646. The minimum absolute atomic E-state index is 0.140. The normalized spacial score (nSPS) is 14.2. The van der Waals surface area contributed by atoms with Gasteiger partial charge in [-0.3, -0.25) is 4.72 Å². The van der Waals surface area contributed by atoms with Crippen LogP contribution in [0, 0.1) is 18.6 Å². The molecule has 4 rings (SSSR count). The fraction of sp³-hybridized carbons (Fsp3) is 0.222. The predicted molar refractivity (Wildman–Crippen MR) is 104 cm³/mol. The standard InChI is InChI=1S/C18H16F2N4O2S2/c1-9-6-12(21)8-22-17(9)28(25,26)24-18-23-15(16(27-18)10-2-3-10)11-4-5-13(19)14(20)7-11/h4-8,10H,2-3,21H2,1H3,(H,23,24). The maximum atomic E-state index is 13.7. The Balaban J connectivity index is 1.72. The molecule has 3 N–H and O–H groups in total. The van der Waals surface area contributed by atoms with Crippen LogP contribution in [0.2, 0.25) is 0 Å². The van der Waals surface area contributed by atoms with E-state index in [1.165, 1.54) is 29.7 Å². The number of aromatic nitrogens is 2. The number of sulfonamides is 1. The van der Waals surface area contributed by atoms with Crippen molar-refractivity contribution in [3.05, 3.63) is 52.5 Å². The summed E-state index contributed by atoms with van der Waals surface area (Å²) in [7, 11) is -3.97. The van der Waals surface area contributed by atoms with Crippen LogP contribution in [0.5, 0.6) is 0 Å². The summed E-state index contributed by atoms with van der Waals surface area (Å²) >= 11 is 1.20. The highest BCUT2D eigenvalue weighted by atomic mass is 32.2. The van der Waals surface area contributed by atoms with E-state index in [0.29, 0.717) is 22.5 Å². The van der Waals surface area contributed by atoms with Gasteiger partial charge in [0.25, 0.3) is 10.0 Å². The van der Waals surface area contributed by atoms with E-state index in [2.05, 4.69) is 14.7 Å². The smallest absolute Gasteiger partial charge is 0.281 e. The second kappa shape index (κ2) is 6.78. The Morgan fingerprint density at radius 3 is 2.61 bits per heavy atom. The van der Waals surface area contributed by atoms with Gasteiger partial charge < -0.3 is 5.73 Å². The average molecular weight is 422 g/mol. The number of nitrogens with one attached hydrogen (secondary N) is 1. The van der Waals surface area contributed by atoms with Crippen molar-refractivity contribution in [3.8, 4) is 11.3 Å². The molecule has 146 valence electrons. The van der Waals surface area contributed by atoms with E-state index < -0.39 is 21.7 Å². The molecule has 1 aromatic carbocycles. The van der Waals surface area contributed by atoms with Gasteiger partial charge in [0, 0.05) is 10.4 Å². The van der Waals surface area contributed by atoms with E-state index in [9.17, 15) is 17.2 Å². The maximum absolute atomic E-state index is 13.7. The minimum Gasteiger partial charge on any atom is -0.397 e. The Morgan fingerprint density at radius 1 is 1.21 bits per heavy atom. The Morgan fingerprint density at radius 2 is 1.96 bits per heavy atom. The van der Waals surface area contributed by atoms with Crippen LogP contribution in [0.15, 0.2) is 35.5 Å². The molecule has 0 radical (unpaired) electrons. The number of hydrogen-bond acceptors (Lipinski definition) is 6. The highest BCUT2D eigenvalue weighted by Gasteiger charge is 2.31. The maximum Gasteiger partial charge on any atom is 0.281 e. The lowest BCUT2D eigenvalue weighted by Crippen LogP contribution is -2.16. The van der Waals surface area contributed by atoms with Gasteiger partial charge in [-0.05, 0) is 55.5 Å². The first-order valence-electron chi connectivity index (χ1n) is 8.45. The second-order valence-electron chi connectivity index (χ2n) is 6.63. The highest BCUT2D eigenvalue weighted by molar-refractivity contribution is 7.92. The van der Waals surface area contributed by atoms with E-state index in [1.807, 2.05) is 0 Å². The number of pyridine rings is 1. The number of nitrogens with zero attached hydrogens (tertiary/aromatic N) is 2. The Hall–Kier alpha value is -2.59. The zero-order chi connectivity index (χ0) is 20.1. The fourth-order valence-electron chi connectivity index (χ4n) is 2.88. The molecule has 1 aliphatic rings. The van der Waals surface area contributed by atoms with Gasteiger partial charge in [0.2, 0.25) is 0 Å². The van der Waals surface area contributed by atoms with Crippen LogP contribution in [-0.2, 0) is 10.0 Å². The van der Waals surface area contributed by atoms with Crippen LogP contribution in [0.3, 0.4) is 0 Å². The largest absolute Gasteiger partial charge is 0.397 e. The van der Waals surface area contributed by atoms with Gasteiger partial charge in [0.05, 0.1) is 17.6 Å². The summed E-state index contributed by atoms with van der Waals surface area (Å²) in [5.41, 5.74) is 7.27. The molecule has 0 amide bonds. The number of rotatable bonds is 5. The van der Waals surface area contributed by atoms with Gasteiger partial charge in [-0.1, -0.05) is 0 Å². The molecule has 3 aromatic rings. The second-order valence-corrected chi connectivity index (χ2v) is 9.26. The third-order valence-electron chi connectivity index (χ3n) is 4.32. The van der Waals surface area contributed by atoms with Gasteiger partial charge in [-0.2, -0.15) is 8.42 Å². The monoisotopic (exact) mass is 422 g/mol. The molecule has 0 unspecified atom stereocenters. The van der Waals surface area contributed by atoms with Crippen molar-refractivity contribution in [1.29, 1.82) is 0 Å². The molecule has 6 nitrogen and oxygen atoms in total. The summed E-state index contributed by atoms with van der Waals surface area (Å²) in [6.45, 7) is 1.60.